The lowest BCUT2D eigenvalue weighted by Gasteiger charge is -2.29. The van der Waals surface area contributed by atoms with Crippen LogP contribution < -0.4 is 0 Å². The van der Waals surface area contributed by atoms with Gasteiger partial charge in [0.05, 0.1) is 16.6 Å². The fraction of sp³-hybridized carbons (Fsp3) is 0.333. The van der Waals surface area contributed by atoms with Crippen LogP contribution in [0.3, 0.4) is 0 Å². The minimum atomic E-state index is -0.306. The van der Waals surface area contributed by atoms with Crippen LogP contribution >= 0.6 is 11.6 Å². The van der Waals surface area contributed by atoms with Gasteiger partial charge in [-0.05, 0) is 25.0 Å². The Labute approximate surface area is 122 Å². The lowest BCUT2D eigenvalue weighted by Crippen LogP contribution is -2.40. The average molecular weight is 291 g/mol. The van der Waals surface area contributed by atoms with Gasteiger partial charge in [0, 0.05) is 18.5 Å². The molecule has 1 saturated heterocycles. The normalized spacial score (nSPS) is 16.6. The van der Waals surface area contributed by atoms with Crippen LogP contribution in [0.2, 0.25) is 5.02 Å². The summed E-state index contributed by atoms with van der Waals surface area (Å²) >= 11 is 6.19. The van der Waals surface area contributed by atoms with Gasteiger partial charge >= 0.3 is 0 Å². The number of benzene rings is 1. The second kappa shape index (κ2) is 5.38. The number of rotatable bonds is 1. The molecular formula is C15H15ClN2O2. The van der Waals surface area contributed by atoms with Crippen LogP contribution in [-0.2, 0) is 0 Å². The van der Waals surface area contributed by atoms with Crippen LogP contribution in [0.4, 0.5) is 0 Å². The summed E-state index contributed by atoms with van der Waals surface area (Å²) in [6.07, 6.45) is 0.910. The molecule has 1 aliphatic heterocycles. The SMILES string of the molecule is O=C(c1nc2ccccc2cc1Cl)N1CCC(O)CC1. The zero-order valence-electron chi connectivity index (χ0n) is 10.9. The number of pyridine rings is 1. The van der Waals surface area contributed by atoms with E-state index in [4.69, 9.17) is 11.6 Å². The number of amides is 1. The van der Waals surface area contributed by atoms with Crippen LogP contribution in [-0.4, -0.2) is 40.1 Å². The summed E-state index contributed by atoms with van der Waals surface area (Å²) < 4.78 is 0. The van der Waals surface area contributed by atoms with Gasteiger partial charge in [0.15, 0.2) is 0 Å². The molecule has 0 unspecified atom stereocenters. The number of nitrogens with zero attached hydrogens (tertiary/aromatic N) is 2. The Morgan fingerprint density at radius 2 is 2.00 bits per heavy atom. The third kappa shape index (κ3) is 2.49. The van der Waals surface area contributed by atoms with Crippen molar-refractivity contribution in [1.29, 1.82) is 0 Å². The van der Waals surface area contributed by atoms with Crippen molar-refractivity contribution < 1.29 is 9.90 Å². The molecule has 0 bridgehead atoms. The van der Waals surface area contributed by atoms with Crippen molar-refractivity contribution in [3.05, 3.63) is 41.0 Å². The number of likely N-dealkylation sites (tertiary alicyclic amines) is 1. The number of piperidine rings is 1. The number of hydrogen-bond acceptors (Lipinski definition) is 3. The molecule has 0 radical (unpaired) electrons. The van der Waals surface area contributed by atoms with Crippen LogP contribution in [0.15, 0.2) is 30.3 Å². The molecule has 0 atom stereocenters. The van der Waals surface area contributed by atoms with Crippen LogP contribution in [0, 0.1) is 0 Å². The third-order valence-corrected chi connectivity index (χ3v) is 3.92. The van der Waals surface area contributed by atoms with Gasteiger partial charge in [-0.1, -0.05) is 29.8 Å². The topological polar surface area (TPSA) is 53.4 Å². The van der Waals surface area contributed by atoms with Gasteiger partial charge in [0.2, 0.25) is 0 Å². The minimum absolute atomic E-state index is 0.160. The van der Waals surface area contributed by atoms with E-state index in [0.29, 0.717) is 36.6 Å². The number of fused-ring (bicyclic) bond motifs is 1. The quantitative estimate of drug-likeness (QED) is 0.878. The maximum Gasteiger partial charge on any atom is 0.274 e. The molecule has 1 amide bonds. The number of hydrogen-bond donors (Lipinski definition) is 1. The molecule has 1 aromatic carbocycles. The van der Waals surface area contributed by atoms with Crippen molar-refractivity contribution >= 4 is 28.4 Å². The number of para-hydroxylation sites is 1. The standard InChI is InChI=1S/C15H15ClN2O2/c16-12-9-10-3-1-2-4-13(10)17-14(12)15(20)18-7-5-11(19)6-8-18/h1-4,9,11,19H,5-8H2. The van der Waals surface area contributed by atoms with Crippen molar-refractivity contribution in [2.45, 2.75) is 18.9 Å². The van der Waals surface area contributed by atoms with Gasteiger partial charge < -0.3 is 10.0 Å². The number of aliphatic hydroxyl groups is 1. The summed E-state index contributed by atoms with van der Waals surface area (Å²) in [6.45, 7) is 1.09. The Kier molecular flexibility index (Phi) is 3.59. The van der Waals surface area contributed by atoms with E-state index in [-0.39, 0.29) is 12.0 Å². The Morgan fingerprint density at radius 1 is 1.30 bits per heavy atom. The van der Waals surface area contributed by atoms with E-state index in [1.54, 1.807) is 11.0 Å². The molecular weight excluding hydrogens is 276 g/mol. The maximum atomic E-state index is 12.5. The van der Waals surface area contributed by atoms with E-state index in [1.807, 2.05) is 24.3 Å². The first-order valence-corrected chi connectivity index (χ1v) is 7.05. The maximum absolute atomic E-state index is 12.5. The summed E-state index contributed by atoms with van der Waals surface area (Å²) in [4.78, 5) is 18.6. The lowest BCUT2D eigenvalue weighted by molar-refractivity contribution is 0.0542. The van der Waals surface area contributed by atoms with Gasteiger partial charge in [-0.2, -0.15) is 0 Å². The van der Waals surface area contributed by atoms with E-state index in [1.165, 1.54) is 0 Å². The highest BCUT2D eigenvalue weighted by atomic mass is 35.5. The van der Waals surface area contributed by atoms with Gasteiger partial charge in [-0.3, -0.25) is 4.79 Å². The van der Waals surface area contributed by atoms with Crippen molar-refractivity contribution in [3.63, 3.8) is 0 Å². The number of aliphatic hydroxyl groups excluding tert-OH is 1. The largest absolute Gasteiger partial charge is 0.393 e. The minimum Gasteiger partial charge on any atom is -0.393 e. The molecule has 104 valence electrons. The Morgan fingerprint density at radius 3 is 2.75 bits per heavy atom. The van der Waals surface area contributed by atoms with Gasteiger partial charge in [0.1, 0.15) is 5.69 Å². The molecule has 0 saturated carbocycles. The average Bonchev–Trinajstić information content (AvgIpc) is 2.46. The Balaban J connectivity index is 1.93. The molecule has 0 spiro atoms. The molecule has 1 aromatic heterocycles. The third-order valence-electron chi connectivity index (χ3n) is 3.63. The zero-order chi connectivity index (χ0) is 14.1. The van der Waals surface area contributed by atoms with Crippen molar-refractivity contribution in [1.82, 2.24) is 9.88 Å². The van der Waals surface area contributed by atoms with E-state index < -0.39 is 0 Å². The van der Waals surface area contributed by atoms with Crippen LogP contribution in [0.25, 0.3) is 10.9 Å². The molecule has 0 aliphatic carbocycles. The number of aromatic nitrogens is 1. The molecule has 1 N–H and O–H groups in total. The van der Waals surface area contributed by atoms with Crippen LogP contribution in [0.1, 0.15) is 23.3 Å². The van der Waals surface area contributed by atoms with Gasteiger partial charge in [-0.15, -0.1) is 0 Å². The first kappa shape index (κ1) is 13.3. The summed E-state index contributed by atoms with van der Waals surface area (Å²) in [5.41, 5.74) is 1.05. The van der Waals surface area contributed by atoms with Crippen molar-refractivity contribution in [2.24, 2.45) is 0 Å². The number of carbonyl (C=O) groups excluding carboxylic acids is 1. The molecule has 20 heavy (non-hydrogen) atoms. The van der Waals surface area contributed by atoms with E-state index >= 15 is 0 Å². The molecule has 5 heteroatoms. The highest BCUT2D eigenvalue weighted by Gasteiger charge is 2.25. The second-order valence-electron chi connectivity index (χ2n) is 5.03. The van der Waals surface area contributed by atoms with E-state index in [0.717, 1.165) is 10.9 Å². The summed E-state index contributed by atoms with van der Waals surface area (Å²) in [5, 5.41) is 10.8. The summed E-state index contributed by atoms with van der Waals surface area (Å²) in [5.74, 6) is -0.160. The Hall–Kier alpha value is -1.65. The molecule has 2 aromatic rings. The highest BCUT2D eigenvalue weighted by molar-refractivity contribution is 6.34. The van der Waals surface area contributed by atoms with E-state index in [2.05, 4.69) is 4.98 Å². The predicted octanol–water partition coefficient (Wildman–Crippen LogP) is 2.49. The molecule has 2 heterocycles. The van der Waals surface area contributed by atoms with E-state index in [9.17, 15) is 9.90 Å². The van der Waals surface area contributed by atoms with Crippen molar-refractivity contribution in [2.75, 3.05) is 13.1 Å². The highest BCUT2D eigenvalue weighted by Crippen LogP contribution is 2.23. The monoisotopic (exact) mass is 290 g/mol. The number of halogens is 1. The number of carbonyl (C=O) groups is 1. The molecule has 1 aliphatic rings. The smallest absolute Gasteiger partial charge is 0.274 e. The Bertz CT molecular complexity index is 651. The first-order valence-electron chi connectivity index (χ1n) is 6.68. The fourth-order valence-electron chi connectivity index (χ4n) is 2.46. The predicted molar refractivity (Wildman–Crippen MR) is 77.9 cm³/mol. The summed E-state index contributed by atoms with van der Waals surface area (Å²) in [6, 6.07) is 9.35. The van der Waals surface area contributed by atoms with Gasteiger partial charge in [-0.25, -0.2) is 4.98 Å². The molecule has 4 nitrogen and oxygen atoms in total. The second-order valence-corrected chi connectivity index (χ2v) is 5.44. The fourth-order valence-corrected chi connectivity index (χ4v) is 2.70. The molecule has 3 rings (SSSR count). The van der Waals surface area contributed by atoms with Gasteiger partial charge in [0.25, 0.3) is 5.91 Å². The lowest BCUT2D eigenvalue weighted by atomic mass is 10.1. The molecule has 1 fully saturated rings. The first-order chi connectivity index (χ1) is 9.65. The zero-order valence-corrected chi connectivity index (χ0v) is 11.7. The van der Waals surface area contributed by atoms with Crippen LogP contribution in [0.5, 0.6) is 0 Å². The summed E-state index contributed by atoms with van der Waals surface area (Å²) in [7, 11) is 0. The van der Waals surface area contributed by atoms with Crippen molar-refractivity contribution in [3.8, 4) is 0 Å².